The first-order chi connectivity index (χ1) is 4.46. The Morgan fingerprint density at radius 1 is 1.60 bits per heavy atom. The Bertz CT molecular complexity index is 127. The molecule has 0 aliphatic rings. The maximum Gasteiger partial charge on any atom is 0.322 e. The molecule has 2 atom stereocenters. The average Bonchev–Trinajstić information content (AvgIpc) is 1.84. The molecule has 3 N–H and O–H groups in total. The van der Waals surface area contributed by atoms with Crippen molar-refractivity contribution in [1.29, 1.82) is 0 Å². The van der Waals surface area contributed by atoms with Crippen molar-refractivity contribution >= 4 is 17.6 Å². The predicted molar refractivity (Wildman–Crippen MR) is 40.1 cm³/mol. The van der Waals surface area contributed by atoms with Gasteiger partial charge in [-0.3, -0.25) is 4.79 Å². The van der Waals surface area contributed by atoms with Crippen molar-refractivity contribution < 1.29 is 9.90 Å². The number of carboxylic acids is 1. The van der Waals surface area contributed by atoms with Crippen LogP contribution in [0.3, 0.4) is 0 Å². The van der Waals surface area contributed by atoms with E-state index >= 15 is 0 Å². The topological polar surface area (TPSA) is 63.3 Å². The highest BCUT2D eigenvalue weighted by Gasteiger charge is 2.24. The Morgan fingerprint density at radius 2 is 2.00 bits per heavy atom. The SMILES string of the molecule is CC(C)[C@@H](Cl)[C@@H](N)C(=O)O. The number of alkyl halides is 1. The lowest BCUT2D eigenvalue weighted by molar-refractivity contribution is -0.138. The summed E-state index contributed by atoms with van der Waals surface area (Å²) in [6.07, 6.45) is 0. The van der Waals surface area contributed by atoms with E-state index in [0.717, 1.165) is 0 Å². The zero-order valence-electron chi connectivity index (χ0n) is 6.04. The molecule has 0 saturated carbocycles. The molecule has 10 heavy (non-hydrogen) atoms. The smallest absolute Gasteiger partial charge is 0.322 e. The summed E-state index contributed by atoms with van der Waals surface area (Å²) >= 11 is 5.66. The molecule has 0 bridgehead atoms. The highest BCUT2D eigenvalue weighted by Crippen LogP contribution is 2.12. The van der Waals surface area contributed by atoms with Gasteiger partial charge in [-0.15, -0.1) is 11.6 Å². The summed E-state index contributed by atoms with van der Waals surface area (Å²) in [5.41, 5.74) is 5.23. The molecule has 0 aromatic heterocycles. The largest absolute Gasteiger partial charge is 0.480 e. The number of halogens is 1. The lowest BCUT2D eigenvalue weighted by Gasteiger charge is -2.16. The van der Waals surface area contributed by atoms with Crippen LogP contribution in [0.4, 0.5) is 0 Å². The Hall–Kier alpha value is -0.280. The summed E-state index contributed by atoms with van der Waals surface area (Å²) in [6.45, 7) is 3.67. The van der Waals surface area contributed by atoms with Crippen LogP contribution in [0, 0.1) is 5.92 Å². The highest BCUT2D eigenvalue weighted by atomic mass is 35.5. The van der Waals surface area contributed by atoms with Gasteiger partial charge in [0.15, 0.2) is 0 Å². The van der Waals surface area contributed by atoms with Gasteiger partial charge in [-0.2, -0.15) is 0 Å². The van der Waals surface area contributed by atoms with Gasteiger partial charge in [-0.25, -0.2) is 0 Å². The van der Waals surface area contributed by atoms with Gasteiger partial charge in [0, 0.05) is 0 Å². The summed E-state index contributed by atoms with van der Waals surface area (Å²) in [7, 11) is 0. The minimum Gasteiger partial charge on any atom is -0.480 e. The van der Waals surface area contributed by atoms with Crippen molar-refractivity contribution in [3.8, 4) is 0 Å². The van der Waals surface area contributed by atoms with Crippen molar-refractivity contribution in [1.82, 2.24) is 0 Å². The normalized spacial score (nSPS) is 16.9. The number of hydrogen-bond acceptors (Lipinski definition) is 2. The van der Waals surface area contributed by atoms with Gasteiger partial charge in [-0.1, -0.05) is 13.8 Å². The second-order valence-electron chi connectivity index (χ2n) is 2.55. The summed E-state index contributed by atoms with van der Waals surface area (Å²) in [5.74, 6) is -0.957. The monoisotopic (exact) mass is 165 g/mol. The van der Waals surface area contributed by atoms with Crippen LogP contribution < -0.4 is 5.73 Å². The maximum atomic E-state index is 10.2. The minimum atomic E-state index is -1.05. The van der Waals surface area contributed by atoms with E-state index in [1.54, 1.807) is 0 Å². The predicted octanol–water partition coefficient (Wildman–Crippen LogP) is 0.662. The van der Waals surface area contributed by atoms with Gasteiger partial charge in [0.1, 0.15) is 6.04 Å². The van der Waals surface area contributed by atoms with Gasteiger partial charge >= 0.3 is 5.97 Å². The van der Waals surface area contributed by atoms with Crippen LogP contribution in [0.5, 0.6) is 0 Å². The van der Waals surface area contributed by atoms with Crippen molar-refractivity contribution in [3.05, 3.63) is 0 Å². The molecule has 0 rings (SSSR count). The second-order valence-corrected chi connectivity index (χ2v) is 3.06. The molecular weight excluding hydrogens is 154 g/mol. The van der Waals surface area contributed by atoms with Crippen LogP contribution >= 0.6 is 11.6 Å². The quantitative estimate of drug-likeness (QED) is 0.604. The van der Waals surface area contributed by atoms with E-state index < -0.39 is 17.4 Å². The Labute approximate surface area is 65.2 Å². The fourth-order valence-corrected chi connectivity index (χ4v) is 0.659. The molecule has 0 amide bonds. The molecule has 0 spiro atoms. The van der Waals surface area contributed by atoms with E-state index in [1.807, 2.05) is 13.8 Å². The molecule has 4 heteroatoms. The molecule has 3 nitrogen and oxygen atoms in total. The highest BCUT2D eigenvalue weighted by molar-refractivity contribution is 6.22. The van der Waals surface area contributed by atoms with Crippen LogP contribution in [-0.4, -0.2) is 22.5 Å². The summed E-state index contributed by atoms with van der Waals surface area (Å²) in [4.78, 5) is 10.2. The van der Waals surface area contributed by atoms with Crippen LogP contribution in [0.2, 0.25) is 0 Å². The zero-order valence-corrected chi connectivity index (χ0v) is 6.80. The molecular formula is C6H12ClNO2. The number of rotatable bonds is 3. The first-order valence-corrected chi connectivity index (χ1v) is 3.53. The van der Waals surface area contributed by atoms with E-state index in [-0.39, 0.29) is 5.92 Å². The van der Waals surface area contributed by atoms with E-state index in [2.05, 4.69) is 0 Å². The number of nitrogens with two attached hydrogens (primary N) is 1. The first-order valence-electron chi connectivity index (χ1n) is 3.09. The van der Waals surface area contributed by atoms with E-state index in [9.17, 15) is 4.79 Å². The Morgan fingerprint density at radius 3 is 2.10 bits per heavy atom. The molecule has 0 saturated heterocycles. The van der Waals surface area contributed by atoms with Gasteiger partial charge in [0.05, 0.1) is 5.38 Å². The maximum absolute atomic E-state index is 10.2. The fourth-order valence-electron chi connectivity index (χ4n) is 0.551. The number of aliphatic carboxylic acids is 1. The molecule has 0 radical (unpaired) electrons. The third kappa shape index (κ3) is 2.54. The van der Waals surface area contributed by atoms with Gasteiger partial charge < -0.3 is 10.8 Å². The first kappa shape index (κ1) is 9.72. The van der Waals surface area contributed by atoms with Crippen LogP contribution in [-0.2, 0) is 4.79 Å². The minimum absolute atomic E-state index is 0.0905. The van der Waals surface area contributed by atoms with E-state index in [4.69, 9.17) is 22.4 Å². The third-order valence-corrected chi connectivity index (χ3v) is 2.04. The summed E-state index contributed by atoms with van der Waals surface area (Å²) in [6, 6.07) is -0.957. The second kappa shape index (κ2) is 3.78. The molecule has 0 unspecified atom stereocenters. The Kier molecular flexibility index (Phi) is 3.68. The molecule has 0 aromatic rings. The van der Waals surface area contributed by atoms with Gasteiger partial charge in [-0.05, 0) is 5.92 Å². The standard InChI is InChI=1S/C6H12ClNO2/c1-3(2)4(7)5(8)6(9)10/h3-5H,8H2,1-2H3,(H,9,10)/t4-,5-/m1/s1. The van der Waals surface area contributed by atoms with E-state index in [0.29, 0.717) is 0 Å². The van der Waals surface area contributed by atoms with Gasteiger partial charge in [0.2, 0.25) is 0 Å². The summed E-state index contributed by atoms with van der Waals surface area (Å²) in [5, 5.41) is 7.90. The molecule has 0 aliphatic heterocycles. The van der Waals surface area contributed by atoms with Crippen molar-refractivity contribution in [3.63, 3.8) is 0 Å². The average molecular weight is 166 g/mol. The van der Waals surface area contributed by atoms with Crippen LogP contribution in [0.15, 0.2) is 0 Å². The zero-order chi connectivity index (χ0) is 8.31. The fraction of sp³-hybridized carbons (Fsp3) is 0.833. The van der Waals surface area contributed by atoms with Crippen LogP contribution in [0.1, 0.15) is 13.8 Å². The van der Waals surface area contributed by atoms with Crippen molar-refractivity contribution in [2.45, 2.75) is 25.3 Å². The Balaban J connectivity index is 3.94. The molecule has 60 valence electrons. The van der Waals surface area contributed by atoms with Crippen LogP contribution in [0.25, 0.3) is 0 Å². The number of hydrogen-bond donors (Lipinski definition) is 2. The molecule has 0 aromatic carbocycles. The van der Waals surface area contributed by atoms with Crippen molar-refractivity contribution in [2.24, 2.45) is 11.7 Å². The molecule has 0 aliphatic carbocycles. The van der Waals surface area contributed by atoms with Crippen molar-refractivity contribution in [2.75, 3.05) is 0 Å². The molecule has 0 fully saturated rings. The van der Waals surface area contributed by atoms with Gasteiger partial charge in [0.25, 0.3) is 0 Å². The van der Waals surface area contributed by atoms with E-state index in [1.165, 1.54) is 0 Å². The lowest BCUT2D eigenvalue weighted by atomic mass is 10.0. The number of carbonyl (C=O) groups is 1. The third-order valence-electron chi connectivity index (χ3n) is 1.27. The lowest BCUT2D eigenvalue weighted by Crippen LogP contribution is -2.41. The molecule has 0 heterocycles. The number of carboxylic acid groups (broad SMARTS) is 1. The summed E-state index contributed by atoms with van der Waals surface area (Å²) < 4.78 is 0.